The largest absolute Gasteiger partial charge is 0.416 e. The van der Waals surface area contributed by atoms with Gasteiger partial charge in [-0.15, -0.1) is 0 Å². The number of halogens is 4. The van der Waals surface area contributed by atoms with Crippen molar-refractivity contribution in [2.45, 2.75) is 32.9 Å². The van der Waals surface area contributed by atoms with E-state index in [0.29, 0.717) is 16.5 Å². The van der Waals surface area contributed by atoms with Crippen LogP contribution in [0.25, 0.3) is 0 Å². The average molecular weight is 414 g/mol. The summed E-state index contributed by atoms with van der Waals surface area (Å²) in [5.41, 5.74) is 7.66. The van der Waals surface area contributed by atoms with Gasteiger partial charge in [-0.2, -0.15) is 13.2 Å². The minimum absolute atomic E-state index is 0.0235. The standard InChI is InChI=1S/C18H19BrF3N3/c1-3-11-6-5-7-14(8-11)24-17(23)25-15-10-13(18(20,21)22)9-12(4-2)16(15)19/h5-10H,3-4H2,1-2H3,(H3,23,24,25). The Bertz CT molecular complexity index is 786. The zero-order chi connectivity index (χ0) is 18.6. The molecule has 0 aliphatic rings. The monoisotopic (exact) mass is 413 g/mol. The van der Waals surface area contributed by atoms with Crippen molar-refractivity contribution in [3.05, 3.63) is 57.6 Å². The van der Waals surface area contributed by atoms with Crippen molar-refractivity contribution in [3.8, 4) is 0 Å². The second-order valence-electron chi connectivity index (χ2n) is 5.50. The first-order chi connectivity index (χ1) is 11.7. The predicted molar refractivity (Wildman–Crippen MR) is 99.2 cm³/mol. The summed E-state index contributed by atoms with van der Waals surface area (Å²) < 4.78 is 39.7. The highest BCUT2D eigenvalue weighted by Gasteiger charge is 2.32. The number of benzene rings is 2. The van der Waals surface area contributed by atoms with Crippen molar-refractivity contribution >= 4 is 33.3 Å². The number of anilines is 1. The maximum absolute atomic E-state index is 13.1. The van der Waals surface area contributed by atoms with Crippen LogP contribution in [0.3, 0.4) is 0 Å². The van der Waals surface area contributed by atoms with Crippen LogP contribution in [0.5, 0.6) is 0 Å². The van der Waals surface area contributed by atoms with Gasteiger partial charge in [-0.05, 0) is 64.2 Å². The van der Waals surface area contributed by atoms with Crippen molar-refractivity contribution in [2.24, 2.45) is 10.7 Å². The summed E-state index contributed by atoms with van der Waals surface area (Å²) in [5.74, 6) is 0.0235. The molecule has 0 aliphatic heterocycles. The first-order valence-corrected chi connectivity index (χ1v) is 8.63. The van der Waals surface area contributed by atoms with E-state index in [2.05, 4.69) is 26.2 Å². The van der Waals surface area contributed by atoms with Crippen LogP contribution in [0, 0.1) is 0 Å². The number of nitrogens with one attached hydrogen (secondary N) is 1. The van der Waals surface area contributed by atoms with Crippen LogP contribution < -0.4 is 11.1 Å². The Morgan fingerprint density at radius 3 is 2.48 bits per heavy atom. The number of nitrogens with two attached hydrogens (primary N) is 1. The van der Waals surface area contributed by atoms with E-state index < -0.39 is 11.7 Å². The topological polar surface area (TPSA) is 50.4 Å². The Balaban J connectivity index is 2.37. The summed E-state index contributed by atoms with van der Waals surface area (Å²) in [7, 11) is 0. The van der Waals surface area contributed by atoms with Crippen LogP contribution in [0.1, 0.15) is 30.5 Å². The zero-order valence-corrected chi connectivity index (χ0v) is 15.5. The van der Waals surface area contributed by atoms with E-state index in [4.69, 9.17) is 5.73 Å². The lowest BCUT2D eigenvalue weighted by Crippen LogP contribution is -2.22. The molecule has 25 heavy (non-hydrogen) atoms. The van der Waals surface area contributed by atoms with Gasteiger partial charge in [-0.1, -0.05) is 26.0 Å². The van der Waals surface area contributed by atoms with Crippen molar-refractivity contribution in [1.29, 1.82) is 0 Å². The molecular weight excluding hydrogens is 395 g/mol. The Hall–Kier alpha value is -2.02. The van der Waals surface area contributed by atoms with Crippen LogP contribution in [0.4, 0.5) is 24.5 Å². The fraction of sp³-hybridized carbons (Fsp3) is 0.278. The fourth-order valence-electron chi connectivity index (χ4n) is 2.34. The molecule has 2 rings (SSSR count). The van der Waals surface area contributed by atoms with Gasteiger partial charge in [-0.25, -0.2) is 4.99 Å². The quantitative estimate of drug-likeness (QED) is 0.502. The van der Waals surface area contributed by atoms with Crippen LogP contribution in [-0.4, -0.2) is 5.96 Å². The van der Waals surface area contributed by atoms with Gasteiger partial charge >= 0.3 is 6.18 Å². The second kappa shape index (κ2) is 7.91. The number of aryl methyl sites for hydroxylation is 2. The lowest BCUT2D eigenvalue weighted by atomic mass is 10.1. The molecule has 0 heterocycles. The normalized spacial score (nSPS) is 12.3. The number of hydrogen-bond donors (Lipinski definition) is 2. The van der Waals surface area contributed by atoms with Crippen LogP contribution in [0.2, 0.25) is 0 Å². The Morgan fingerprint density at radius 2 is 1.88 bits per heavy atom. The molecule has 0 unspecified atom stereocenters. The first-order valence-electron chi connectivity index (χ1n) is 7.84. The molecule has 0 fully saturated rings. The van der Waals surface area contributed by atoms with Gasteiger partial charge < -0.3 is 11.1 Å². The van der Waals surface area contributed by atoms with E-state index in [0.717, 1.165) is 29.8 Å². The van der Waals surface area contributed by atoms with Gasteiger partial charge in [0.25, 0.3) is 0 Å². The summed E-state index contributed by atoms with van der Waals surface area (Å²) in [4.78, 5) is 4.13. The fourth-order valence-corrected chi connectivity index (χ4v) is 2.94. The van der Waals surface area contributed by atoms with E-state index in [1.807, 2.05) is 31.2 Å². The number of hydrogen-bond acceptors (Lipinski definition) is 1. The highest BCUT2D eigenvalue weighted by Crippen LogP contribution is 2.38. The van der Waals surface area contributed by atoms with E-state index in [-0.39, 0.29) is 11.6 Å². The molecule has 0 amide bonds. The van der Waals surface area contributed by atoms with E-state index in [1.54, 1.807) is 6.92 Å². The minimum atomic E-state index is -4.44. The molecule has 0 saturated heterocycles. The maximum Gasteiger partial charge on any atom is 0.416 e. The molecule has 0 bridgehead atoms. The minimum Gasteiger partial charge on any atom is -0.369 e. The molecule has 0 aliphatic carbocycles. The third kappa shape index (κ3) is 4.98. The lowest BCUT2D eigenvalue weighted by Gasteiger charge is -2.13. The van der Waals surface area contributed by atoms with Crippen molar-refractivity contribution in [2.75, 3.05) is 5.32 Å². The lowest BCUT2D eigenvalue weighted by molar-refractivity contribution is -0.137. The molecule has 0 spiro atoms. The van der Waals surface area contributed by atoms with Crippen LogP contribution in [-0.2, 0) is 19.0 Å². The molecule has 3 nitrogen and oxygen atoms in total. The summed E-state index contributed by atoms with van der Waals surface area (Å²) in [6.45, 7) is 3.81. The van der Waals surface area contributed by atoms with Crippen molar-refractivity contribution in [1.82, 2.24) is 0 Å². The van der Waals surface area contributed by atoms with Gasteiger partial charge in [0.15, 0.2) is 5.96 Å². The third-order valence-electron chi connectivity index (χ3n) is 3.69. The number of rotatable bonds is 4. The smallest absolute Gasteiger partial charge is 0.369 e. The van der Waals surface area contributed by atoms with E-state index >= 15 is 0 Å². The molecule has 2 aromatic carbocycles. The van der Waals surface area contributed by atoms with Gasteiger partial charge in [0.05, 0.1) is 11.3 Å². The van der Waals surface area contributed by atoms with Crippen LogP contribution >= 0.6 is 15.9 Å². The maximum atomic E-state index is 13.1. The van der Waals surface area contributed by atoms with Crippen molar-refractivity contribution in [3.63, 3.8) is 0 Å². The molecule has 0 atom stereocenters. The second-order valence-corrected chi connectivity index (χ2v) is 6.29. The molecule has 134 valence electrons. The van der Waals surface area contributed by atoms with Crippen LogP contribution in [0.15, 0.2) is 45.9 Å². The van der Waals surface area contributed by atoms with Gasteiger partial charge in [0.1, 0.15) is 0 Å². The molecule has 2 aromatic rings. The Kier molecular flexibility index (Phi) is 6.11. The SMILES string of the molecule is CCc1cccc(NC(N)=Nc2cc(C(F)(F)F)cc(CC)c2Br)c1. The van der Waals surface area contributed by atoms with E-state index in [1.165, 1.54) is 0 Å². The van der Waals surface area contributed by atoms with E-state index in [9.17, 15) is 13.2 Å². The molecule has 3 N–H and O–H groups in total. The van der Waals surface area contributed by atoms with Crippen molar-refractivity contribution < 1.29 is 13.2 Å². The van der Waals surface area contributed by atoms with Gasteiger partial charge in [-0.3, -0.25) is 0 Å². The molecule has 0 saturated carbocycles. The highest BCUT2D eigenvalue weighted by atomic mass is 79.9. The average Bonchev–Trinajstić information content (AvgIpc) is 2.55. The number of alkyl halides is 3. The van der Waals surface area contributed by atoms with Gasteiger partial charge in [0, 0.05) is 10.2 Å². The molecular formula is C18H19BrF3N3. The number of aliphatic imine (C=N–C) groups is 1. The summed E-state index contributed by atoms with van der Waals surface area (Å²) in [6, 6.07) is 9.71. The summed E-state index contributed by atoms with van der Waals surface area (Å²) in [6.07, 6.45) is -3.13. The Morgan fingerprint density at radius 1 is 1.16 bits per heavy atom. The molecule has 0 radical (unpaired) electrons. The molecule has 7 heteroatoms. The zero-order valence-electron chi connectivity index (χ0n) is 13.9. The number of guanidine groups is 1. The Labute approximate surface area is 153 Å². The summed E-state index contributed by atoms with van der Waals surface area (Å²) in [5, 5.41) is 2.91. The predicted octanol–water partition coefficient (Wildman–Crippen LogP) is 5.65. The number of nitrogens with zero attached hydrogens (tertiary/aromatic N) is 1. The highest BCUT2D eigenvalue weighted by molar-refractivity contribution is 9.10. The molecule has 0 aromatic heterocycles. The van der Waals surface area contributed by atoms with Gasteiger partial charge in [0.2, 0.25) is 0 Å². The first kappa shape index (κ1) is 19.3. The third-order valence-corrected chi connectivity index (χ3v) is 4.60. The summed E-state index contributed by atoms with van der Waals surface area (Å²) >= 11 is 3.32.